The van der Waals surface area contributed by atoms with Crippen molar-refractivity contribution in [2.45, 2.75) is 39.2 Å². The number of hydrogen-bond acceptors (Lipinski definition) is 4. The number of nitrogens with zero attached hydrogens (tertiary/aromatic N) is 2. The minimum Gasteiger partial charge on any atom is -0.506 e. The maximum Gasteiger partial charge on any atom is 0.263 e. The molecule has 28 heavy (non-hydrogen) atoms. The highest BCUT2D eigenvalue weighted by Gasteiger charge is 2.27. The summed E-state index contributed by atoms with van der Waals surface area (Å²) in [5.41, 5.74) is 2.14. The molecule has 5 heteroatoms. The molecule has 1 N–H and O–H groups in total. The molecule has 2 aromatic rings. The minimum absolute atomic E-state index is 0.00293. The van der Waals surface area contributed by atoms with Gasteiger partial charge >= 0.3 is 0 Å². The molecule has 0 bridgehead atoms. The van der Waals surface area contributed by atoms with Crippen molar-refractivity contribution >= 4 is 11.6 Å². The molecule has 150 valence electrons. The first kappa shape index (κ1) is 20.1. The highest BCUT2D eigenvalue weighted by molar-refractivity contribution is 5.81. The largest absolute Gasteiger partial charge is 0.506 e. The second kappa shape index (κ2) is 8.13. The number of anilines is 1. The molecule has 1 saturated heterocycles. The molecule has 0 aliphatic carbocycles. The van der Waals surface area contributed by atoms with E-state index in [1.165, 1.54) is 5.56 Å². The monoisotopic (exact) mass is 382 g/mol. The van der Waals surface area contributed by atoms with Gasteiger partial charge in [0, 0.05) is 26.2 Å². The minimum atomic E-state index is -0.530. The number of amides is 1. The highest BCUT2D eigenvalue weighted by atomic mass is 16.5. The quantitative estimate of drug-likeness (QED) is 0.874. The summed E-state index contributed by atoms with van der Waals surface area (Å²) in [4.78, 5) is 16.7. The Labute approximate surface area is 167 Å². The van der Waals surface area contributed by atoms with Gasteiger partial charge in [0.15, 0.2) is 6.10 Å². The average Bonchev–Trinajstić information content (AvgIpc) is 2.67. The first-order chi connectivity index (χ1) is 13.3. The average molecular weight is 383 g/mol. The molecule has 1 atom stereocenters. The fourth-order valence-electron chi connectivity index (χ4n) is 3.44. The van der Waals surface area contributed by atoms with Gasteiger partial charge in [0.2, 0.25) is 0 Å². The van der Waals surface area contributed by atoms with Crippen LogP contribution < -0.4 is 9.64 Å². The van der Waals surface area contributed by atoms with Crippen LogP contribution in [0.3, 0.4) is 0 Å². The zero-order chi connectivity index (χ0) is 20.3. The van der Waals surface area contributed by atoms with Gasteiger partial charge in [-0.05, 0) is 42.2 Å². The van der Waals surface area contributed by atoms with Crippen LogP contribution in [0.4, 0.5) is 5.69 Å². The third-order valence-corrected chi connectivity index (χ3v) is 5.19. The van der Waals surface area contributed by atoms with E-state index in [4.69, 9.17) is 4.74 Å². The molecule has 1 aliphatic rings. The lowest BCUT2D eigenvalue weighted by Gasteiger charge is -2.37. The number of hydrogen-bond donors (Lipinski definition) is 1. The molecule has 1 aliphatic heterocycles. The van der Waals surface area contributed by atoms with Crippen molar-refractivity contribution in [1.29, 1.82) is 0 Å². The Kier molecular flexibility index (Phi) is 5.82. The Morgan fingerprint density at radius 1 is 1.00 bits per heavy atom. The Balaban J connectivity index is 1.55. The number of phenols is 1. The Hall–Kier alpha value is -2.69. The van der Waals surface area contributed by atoms with E-state index >= 15 is 0 Å². The smallest absolute Gasteiger partial charge is 0.263 e. The zero-order valence-electron chi connectivity index (χ0n) is 17.2. The maximum atomic E-state index is 12.8. The van der Waals surface area contributed by atoms with Crippen molar-refractivity contribution < 1.29 is 14.6 Å². The highest BCUT2D eigenvalue weighted by Crippen LogP contribution is 2.28. The standard InChI is InChI=1S/C23H30N2O3/c1-17(28-19-11-9-18(10-12-19)23(2,3)4)22(27)25-15-13-24(14-16-25)20-7-5-6-8-21(20)26/h5-12,17,26H,13-16H2,1-4H3. The van der Waals surface area contributed by atoms with E-state index in [9.17, 15) is 9.90 Å². The van der Waals surface area contributed by atoms with Gasteiger partial charge in [0.05, 0.1) is 5.69 Å². The van der Waals surface area contributed by atoms with Crippen molar-refractivity contribution in [1.82, 2.24) is 4.90 Å². The number of carbonyl (C=O) groups is 1. The number of piperazine rings is 1. The molecule has 5 nitrogen and oxygen atoms in total. The number of ether oxygens (including phenoxy) is 1. The summed E-state index contributed by atoms with van der Waals surface area (Å²) in [6, 6.07) is 15.3. The number of para-hydroxylation sites is 2. The van der Waals surface area contributed by atoms with Crippen molar-refractivity contribution in [3.63, 3.8) is 0 Å². The van der Waals surface area contributed by atoms with E-state index in [-0.39, 0.29) is 17.1 Å². The Morgan fingerprint density at radius 2 is 1.61 bits per heavy atom. The predicted octanol–water partition coefficient (Wildman–Crippen LogP) is 3.81. The van der Waals surface area contributed by atoms with Crippen LogP contribution in [-0.4, -0.2) is 48.2 Å². The van der Waals surface area contributed by atoms with Crippen LogP contribution >= 0.6 is 0 Å². The van der Waals surface area contributed by atoms with Gasteiger partial charge in [-0.15, -0.1) is 0 Å². The number of phenolic OH excluding ortho intramolecular Hbond substituents is 1. The molecule has 0 radical (unpaired) electrons. The Bertz CT molecular complexity index is 803. The van der Waals surface area contributed by atoms with E-state index in [0.29, 0.717) is 31.9 Å². The number of benzene rings is 2. The summed E-state index contributed by atoms with van der Waals surface area (Å²) in [5.74, 6) is 0.983. The number of carbonyl (C=O) groups excluding carboxylic acids is 1. The van der Waals surface area contributed by atoms with Gasteiger partial charge < -0.3 is 19.6 Å². The molecule has 1 fully saturated rings. The van der Waals surface area contributed by atoms with Crippen LogP contribution in [0, 0.1) is 0 Å². The molecule has 3 rings (SSSR count). The van der Waals surface area contributed by atoms with E-state index in [1.54, 1.807) is 13.0 Å². The molecule has 2 aromatic carbocycles. The Morgan fingerprint density at radius 3 is 2.18 bits per heavy atom. The van der Waals surface area contributed by atoms with Crippen LogP contribution in [0.5, 0.6) is 11.5 Å². The van der Waals surface area contributed by atoms with Crippen LogP contribution in [0.2, 0.25) is 0 Å². The third-order valence-electron chi connectivity index (χ3n) is 5.19. The van der Waals surface area contributed by atoms with Crippen molar-refractivity contribution in [2.24, 2.45) is 0 Å². The summed E-state index contributed by atoms with van der Waals surface area (Å²) in [7, 11) is 0. The lowest BCUT2D eigenvalue weighted by molar-refractivity contribution is -0.138. The normalized spacial score (nSPS) is 16.0. The molecular weight excluding hydrogens is 352 g/mol. The number of aromatic hydroxyl groups is 1. The summed E-state index contributed by atoms with van der Waals surface area (Å²) < 4.78 is 5.88. The zero-order valence-corrected chi connectivity index (χ0v) is 17.2. The van der Waals surface area contributed by atoms with E-state index in [2.05, 4.69) is 37.8 Å². The maximum absolute atomic E-state index is 12.8. The molecule has 1 heterocycles. The molecule has 1 amide bonds. The first-order valence-corrected chi connectivity index (χ1v) is 9.84. The second-order valence-corrected chi connectivity index (χ2v) is 8.34. The molecule has 0 saturated carbocycles. The van der Waals surface area contributed by atoms with Crippen molar-refractivity contribution in [3.05, 3.63) is 54.1 Å². The van der Waals surface area contributed by atoms with Gasteiger partial charge in [0.1, 0.15) is 11.5 Å². The van der Waals surface area contributed by atoms with Crippen LogP contribution in [0.25, 0.3) is 0 Å². The van der Waals surface area contributed by atoms with Crippen LogP contribution in [0.15, 0.2) is 48.5 Å². The van der Waals surface area contributed by atoms with Gasteiger partial charge in [-0.3, -0.25) is 4.79 Å². The molecule has 0 spiro atoms. The first-order valence-electron chi connectivity index (χ1n) is 9.84. The van der Waals surface area contributed by atoms with Crippen molar-refractivity contribution in [3.8, 4) is 11.5 Å². The molecule has 1 unspecified atom stereocenters. The SMILES string of the molecule is CC(Oc1ccc(C(C)(C)C)cc1)C(=O)N1CCN(c2ccccc2O)CC1. The lowest BCUT2D eigenvalue weighted by Crippen LogP contribution is -2.52. The summed E-state index contributed by atoms with van der Waals surface area (Å²) in [5, 5.41) is 10.0. The van der Waals surface area contributed by atoms with E-state index < -0.39 is 6.10 Å². The summed E-state index contributed by atoms with van der Waals surface area (Å²) in [6.45, 7) is 10.9. The number of rotatable bonds is 4. The predicted molar refractivity (Wildman–Crippen MR) is 112 cm³/mol. The fourth-order valence-corrected chi connectivity index (χ4v) is 3.44. The summed E-state index contributed by atoms with van der Waals surface area (Å²) >= 11 is 0. The van der Waals surface area contributed by atoms with Gasteiger partial charge in [0.25, 0.3) is 5.91 Å². The van der Waals surface area contributed by atoms with Gasteiger partial charge in [-0.2, -0.15) is 0 Å². The van der Waals surface area contributed by atoms with Crippen LogP contribution in [-0.2, 0) is 10.2 Å². The van der Waals surface area contributed by atoms with E-state index in [1.807, 2.05) is 35.2 Å². The molecular formula is C23H30N2O3. The van der Waals surface area contributed by atoms with E-state index in [0.717, 1.165) is 5.69 Å². The summed E-state index contributed by atoms with van der Waals surface area (Å²) in [6.07, 6.45) is -0.530. The topological polar surface area (TPSA) is 53.0 Å². The lowest BCUT2D eigenvalue weighted by atomic mass is 9.87. The van der Waals surface area contributed by atoms with Crippen LogP contribution in [0.1, 0.15) is 33.3 Å². The molecule has 0 aromatic heterocycles. The van der Waals surface area contributed by atoms with Crippen molar-refractivity contribution in [2.75, 3.05) is 31.1 Å². The second-order valence-electron chi connectivity index (χ2n) is 8.34. The fraction of sp³-hybridized carbons (Fsp3) is 0.435. The van der Waals surface area contributed by atoms with Gasteiger partial charge in [-0.25, -0.2) is 0 Å². The third kappa shape index (κ3) is 4.58. The van der Waals surface area contributed by atoms with Gasteiger partial charge in [-0.1, -0.05) is 45.0 Å².